The summed E-state index contributed by atoms with van der Waals surface area (Å²) < 4.78 is 13.6. The summed E-state index contributed by atoms with van der Waals surface area (Å²) in [6, 6.07) is 21.4. The van der Waals surface area contributed by atoms with Crippen molar-refractivity contribution in [2.24, 2.45) is 5.73 Å². The number of phenols is 1. The van der Waals surface area contributed by atoms with E-state index in [1.165, 1.54) is 36.2 Å². The third kappa shape index (κ3) is 12.2. The number of phenolic OH excluding ortho intramolecular Hbond substituents is 1. The minimum Gasteiger partial charge on any atom is -0.508 e. The Labute approximate surface area is 313 Å². The van der Waals surface area contributed by atoms with Gasteiger partial charge in [0.1, 0.15) is 23.7 Å². The standard InChI is InChI=1S/C41H47FN5O7/c1-47(38(51)20-17-27-8-6-12-31(42)22-27)37(23-28-15-18-33(50)19-16-28)41(54)45-32(25-48)13-4-5-21-44-40(53)36(26-49)46-39(52)35(43)24-30-11-7-10-29-9-2-3-14-34(29)30/h2-3,6-12,14-16,18-19,22,32,35-37,49-50H,4-5,13,17,20-21,23-24,26,43H2,1H3,(H,44,53)(H,45,54)(H,46,52)/t32-,35+,36+,37+/m1/s1. The van der Waals surface area contributed by atoms with Crippen LogP contribution in [0.3, 0.4) is 0 Å². The summed E-state index contributed by atoms with van der Waals surface area (Å²) in [7, 11) is 1.49. The first-order valence-corrected chi connectivity index (χ1v) is 17.9. The Bertz CT molecular complexity index is 1880. The molecule has 4 amide bonds. The van der Waals surface area contributed by atoms with Crippen molar-refractivity contribution in [3.05, 3.63) is 114 Å². The van der Waals surface area contributed by atoms with Crippen LogP contribution in [0.4, 0.5) is 4.39 Å². The second-order valence-electron chi connectivity index (χ2n) is 13.2. The van der Waals surface area contributed by atoms with Crippen molar-refractivity contribution in [3.63, 3.8) is 0 Å². The molecule has 7 N–H and O–H groups in total. The van der Waals surface area contributed by atoms with Gasteiger partial charge >= 0.3 is 0 Å². The van der Waals surface area contributed by atoms with E-state index in [1.807, 2.05) is 48.8 Å². The molecule has 4 atom stereocenters. The Morgan fingerprint density at radius 3 is 2.30 bits per heavy atom. The molecule has 0 fully saturated rings. The molecule has 12 nitrogen and oxygen atoms in total. The molecule has 4 aromatic rings. The fourth-order valence-electron chi connectivity index (χ4n) is 6.06. The van der Waals surface area contributed by atoms with Crippen molar-refractivity contribution in [2.75, 3.05) is 20.2 Å². The van der Waals surface area contributed by atoms with Crippen LogP contribution >= 0.6 is 0 Å². The number of aliphatic hydroxyl groups excluding tert-OH is 1. The van der Waals surface area contributed by atoms with Gasteiger partial charge in [-0.05, 0) is 83.8 Å². The highest BCUT2D eigenvalue weighted by atomic mass is 19.1. The minimum absolute atomic E-state index is 0.0208. The first kappa shape index (κ1) is 41.1. The zero-order valence-corrected chi connectivity index (χ0v) is 30.2. The van der Waals surface area contributed by atoms with Crippen molar-refractivity contribution >= 4 is 40.7 Å². The number of aliphatic hydroxyl groups is 1. The van der Waals surface area contributed by atoms with Gasteiger partial charge in [-0.1, -0.05) is 66.7 Å². The van der Waals surface area contributed by atoms with Crippen LogP contribution in [0.2, 0.25) is 0 Å². The van der Waals surface area contributed by atoms with E-state index in [0.717, 1.165) is 16.3 Å². The van der Waals surface area contributed by atoms with Gasteiger partial charge in [-0.15, -0.1) is 0 Å². The number of likely N-dealkylation sites (N-methyl/N-ethyl adjacent to an activating group) is 1. The molecule has 285 valence electrons. The lowest BCUT2D eigenvalue weighted by Crippen LogP contribution is -2.53. The molecule has 0 aliphatic heterocycles. The summed E-state index contributed by atoms with van der Waals surface area (Å²) in [6.07, 6.45) is 3.45. The number of aromatic hydroxyl groups is 1. The van der Waals surface area contributed by atoms with Crippen molar-refractivity contribution in [3.8, 4) is 5.75 Å². The molecule has 54 heavy (non-hydrogen) atoms. The van der Waals surface area contributed by atoms with Crippen LogP contribution in [0, 0.1) is 5.82 Å². The molecule has 4 aromatic carbocycles. The number of nitrogens with one attached hydrogen (secondary N) is 3. The molecule has 0 saturated heterocycles. The highest BCUT2D eigenvalue weighted by Crippen LogP contribution is 2.20. The molecule has 4 rings (SSSR count). The van der Waals surface area contributed by atoms with Gasteiger partial charge in [0.25, 0.3) is 0 Å². The van der Waals surface area contributed by atoms with Crippen LogP contribution in [0.1, 0.15) is 42.4 Å². The Morgan fingerprint density at radius 1 is 0.852 bits per heavy atom. The molecular formula is C41H47FN5O7. The monoisotopic (exact) mass is 740 g/mol. The normalized spacial score (nSPS) is 13.3. The number of unbranched alkanes of at least 4 members (excludes halogenated alkanes) is 1. The van der Waals surface area contributed by atoms with E-state index in [-0.39, 0.29) is 50.3 Å². The zero-order chi connectivity index (χ0) is 39.0. The topological polar surface area (TPSA) is 191 Å². The molecule has 0 aromatic heterocycles. The summed E-state index contributed by atoms with van der Waals surface area (Å²) in [5.74, 6) is -2.49. The number of amides is 4. The number of hydrogen-bond acceptors (Lipinski definition) is 8. The average molecular weight is 741 g/mol. The molecule has 0 aliphatic rings. The van der Waals surface area contributed by atoms with Gasteiger partial charge in [-0.25, -0.2) is 4.39 Å². The van der Waals surface area contributed by atoms with E-state index in [9.17, 15) is 38.6 Å². The average Bonchev–Trinajstić information content (AvgIpc) is 3.17. The van der Waals surface area contributed by atoms with Crippen molar-refractivity contribution in [1.82, 2.24) is 20.9 Å². The third-order valence-corrected chi connectivity index (χ3v) is 9.20. The Balaban J connectivity index is 1.25. The highest BCUT2D eigenvalue weighted by Gasteiger charge is 2.29. The highest BCUT2D eigenvalue weighted by molar-refractivity contribution is 5.91. The number of halogens is 1. The molecule has 0 spiro atoms. The number of hydrogen-bond donors (Lipinski definition) is 6. The van der Waals surface area contributed by atoms with E-state index < -0.39 is 54.3 Å². The largest absolute Gasteiger partial charge is 0.508 e. The fraction of sp³-hybridized carbons (Fsp3) is 0.341. The van der Waals surface area contributed by atoms with Crippen molar-refractivity contribution in [2.45, 2.75) is 69.1 Å². The van der Waals surface area contributed by atoms with Crippen LogP contribution in [0.5, 0.6) is 5.75 Å². The van der Waals surface area contributed by atoms with E-state index in [0.29, 0.717) is 24.0 Å². The van der Waals surface area contributed by atoms with Gasteiger partial charge in [0.05, 0.1) is 18.7 Å². The van der Waals surface area contributed by atoms with E-state index >= 15 is 0 Å². The third-order valence-electron chi connectivity index (χ3n) is 9.20. The summed E-state index contributed by atoms with van der Waals surface area (Å²) in [5.41, 5.74) is 8.36. The van der Waals surface area contributed by atoms with Crippen molar-refractivity contribution in [1.29, 1.82) is 0 Å². The van der Waals surface area contributed by atoms with Crippen LogP contribution < -0.4 is 21.7 Å². The van der Waals surface area contributed by atoms with Gasteiger partial charge in [-0.2, -0.15) is 0 Å². The Hall–Kier alpha value is -5.66. The Kier molecular flexibility index (Phi) is 15.6. The maximum Gasteiger partial charge on any atom is 0.244 e. The molecule has 0 heterocycles. The number of carbonyl (C=O) groups is 4. The molecule has 13 heteroatoms. The van der Waals surface area contributed by atoms with Gasteiger partial charge in [0.2, 0.25) is 29.9 Å². The van der Waals surface area contributed by atoms with Gasteiger partial charge < -0.3 is 36.8 Å². The molecule has 1 radical (unpaired) electrons. The number of nitrogens with zero attached hydrogens (tertiary/aromatic N) is 1. The summed E-state index contributed by atoms with van der Waals surface area (Å²) in [6.45, 7) is -0.474. The minimum atomic E-state index is -1.22. The predicted molar refractivity (Wildman–Crippen MR) is 202 cm³/mol. The summed E-state index contributed by atoms with van der Waals surface area (Å²) >= 11 is 0. The maximum absolute atomic E-state index is 13.6. The van der Waals surface area contributed by atoms with Gasteiger partial charge in [0, 0.05) is 26.4 Å². The van der Waals surface area contributed by atoms with E-state index in [1.54, 1.807) is 24.3 Å². The fourth-order valence-corrected chi connectivity index (χ4v) is 6.06. The number of carbonyl (C=O) groups excluding carboxylic acids is 5. The molecule has 0 aliphatic carbocycles. The maximum atomic E-state index is 13.6. The number of fused-ring (bicyclic) bond motifs is 1. The van der Waals surface area contributed by atoms with Crippen LogP contribution in [-0.2, 0) is 43.2 Å². The first-order chi connectivity index (χ1) is 26.0. The molecule has 0 unspecified atom stereocenters. The number of aryl methyl sites for hydroxylation is 1. The quantitative estimate of drug-likeness (QED) is 0.0746. The molecular weight excluding hydrogens is 693 g/mol. The number of rotatable bonds is 20. The van der Waals surface area contributed by atoms with E-state index in [4.69, 9.17) is 5.73 Å². The van der Waals surface area contributed by atoms with E-state index in [2.05, 4.69) is 16.0 Å². The summed E-state index contributed by atoms with van der Waals surface area (Å²) in [4.78, 5) is 65.5. The number of nitrogens with two attached hydrogens (primary N) is 1. The molecule has 0 saturated carbocycles. The number of benzene rings is 4. The van der Waals surface area contributed by atoms with Crippen LogP contribution in [-0.4, -0.2) is 89.4 Å². The second kappa shape index (κ2) is 20.5. The first-order valence-electron chi connectivity index (χ1n) is 17.9. The van der Waals surface area contributed by atoms with Gasteiger partial charge in [0.15, 0.2) is 0 Å². The molecule has 0 bridgehead atoms. The lowest BCUT2D eigenvalue weighted by Gasteiger charge is -2.28. The Morgan fingerprint density at radius 2 is 1.57 bits per heavy atom. The summed E-state index contributed by atoms with van der Waals surface area (Å²) in [5, 5.41) is 29.3. The van der Waals surface area contributed by atoms with Crippen molar-refractivity contribution < 1.29 is 38.6 Å². The lowest BCUT2D eigenvalue weighted by molar-refractivity contribution is -0.139. The lowest BCUT2D eigenvalue weighted by atomic mass is 9.98. The zero-order valence-electron chi connectivity index (χ0n) is 30.2. The van der Waals surface area contributed by atoms with Crippen LogP contribution in [0.25, 0.3) is 10.8 Å². The van der Waals surface area contributed by atoms with Crippen LogP contribution in [0.15, 0.2) is 91.0 Å². The smallest absolute Gasteiger partial charge is 0.244 e. The van der Waals surface area contributed by atoms with Gasteiger partial charge in [-0.3, -0.25) is 24.0 Å². The SMILES string of the molecule is CN(C(=O)CCc1cccc(F)c1)[C@@H](Cc1ccc(O)cc1)C(=O)N[C@@H]([C]=O)CCCCNC(=O)[C@H](CO)NC(=O)[C@@H](N)Cc1cccc2ccccc12. The predicted octanol–water partition coefficient (Wildman–Crippen LogP) is 2.61. The second-order valence-corrected chi connectivity index (χ2v) is 13.2.